The SMILES string of the molecule is Cc1nc2c(F)cc(-c3nc(Nc4ccc(CN5CCOC(C)(C)C5)cn4)ncc3F)cc2n1C(C)C.[HH]. The predicted molar refractivity (Wildman–Crippen MR) is 141 cm³/mol. The van der Waals surface area contributed by atoms with Gasteiger partial charge >= 0.3 is 0 Å². The lowest BCUT2D eigenvalue weighted by Crippen LogP contribution is -2.47. The van der Waals surface area contributed by atoms with Crippen LogP contribution in [0.1, 0.15) is 46.6 Å². The lowest BCUT2D eigenvalue weighted by atomic mass is 10.1. The Morgan fingerprint density at radius 3 is 2.62 bits per heavy atom. The van der Waals surface area contributed by atoms with Crippen LogP contribution in [0, 0.1) is 18.6 Å². The maximum atomic E-state index is 14.9. The Morgan fingerprint density at radius 2 is 1.92 bits per heavy atom. The van der Waals surface area contributed by atoms with E-state index in [2.05, 4.69) is 44.0 Å². The molecule has 3 aromatic heterocycles. The number of hydrogen-bond donors (Lipinski definition) is 1. The molecule has 1 aromatic carbocycles. The highest BCUT2D eigenvalue weighted by Gasteiger charge is 2.27. The molecule has 0 unspecified atom stereocenters. The number of fused-ring (bicyclic) bond motifs is 1. The van der Waals surface area contributed by atoms with Gasteiger partial charge in [0.2, 0.25) is 5.95 Å². The fourth-order valence-corrected chi connectivity index (χ4v) is 4.90. The van der Waals surface area contributed by atoms with E-state index in [9.17, 15) is 8.78 Å². The number of hydrogen-bond acceptors (Lipinski definition) is 7. The number of nitrogens with one attached hydrogen (secondary N) is 1. The van der Waals surface area contributed by atoms with Gasteiger partial charge in [0.15, 0.2) is 11.6 Å². The largest absolute Gasteiger partial charge is 0.373 e. The van der Waals surface area contributed by atoms with Crippen molar-refractivity contribution in [2.45, 2.75) is 52.8 Å². The second kappa shape index (κ2) is 9.75. The lowest BCUT2D eigenvalue weighted by molar-refractivity contribution is -0.0882. The Morgan fingerprint density at radius 1 is 1.11 bits per heavy atom. The number of aryl methyl sites for hydroxylation is 1. The second-order valence-corrected chi connectivity index (χ2v) is 10.3. The first kappa shape index (κ1) is 25.2. The molecule has 10 heteroatoms. The third-order valence-electron chi connectivity index (χ3n) is 6.43. The summed E-state index contributed by atoms with van der Waals surface area (Å²) in [4.78, 5) is 19.6. The number of pyridine rings is 1. The molecule has 0 atom stereocenters. The highest BCUT2D eigenvalue weighted by molar-refractivity contribution is 5.83. The van der Waals surface area contributed by atoms with Crippen molar-refractivity contribution in [3.8, 4) is 11.3 Å². The van der Waals surface area contributed by atoms with Crippen LogP contribution in [0.15, 0.2) is 36.7 Å². The molecule has 1 aliphatic heterocycles. The second-order valence-electron chi connectivity index (χ2n) is 10.3. The number of nitrogens with zero attached hydrogens (tertiary/aromatic N) is 6. The molecule has 0 spiro atoms. The zero-order chi connectivity index (χ0) is 26.3. The molecule has 1 fully saturated rings. The van der Waals surface area contributed by atoms with Crippen LogP contribution in [0.4, 0.5) is 20.5 Å². The summed E-state index contributed by atoms with van der Waals surface area (Å²) in [7, 11) is 0. The number of ether oxygens (including phenoxy) is 1. The van der Waals surface area contributed by atoms with Crippen molar-refractivity contribution >= 4 is 22.8 Å². The minimum Gasteiger partial charge on any atom is -0.373 e. The van der Waals surface area contributed by atoms with Gasteiger partial charge in [0, 0.05) is 38.9 Å². The van der Waals surface area contributed by atoms with E-state index in [1.54, 1.807) is 12.3 Å². The average molecular weight is 510 g/mol. The molecule has 0 bridgehead atoms. The number of halogens is 2. The van der Waals surface area contributed by atoms with Crippen LogP contribution in [0.2, 0.25) is 0 Å². The van der Waals surface area contributed by atoms with E-state index in [1.807, 2.05) is 37.5 Å². The summed E-state index contributed by atoms with van der Waals surface area (Å²) in [6.07, 6.45) is 2.88. The summed E-state index contributed by atoms with van der Waals surface area (Å²) in [5.74, 6) is 0.217. The Labute approximate surface area is 216 Å². The van der Waals surface area contributed by atoms with Crippen molar-refractivity contribution < 1.29 is 14.9 Å². The molecule has 196 valence electrons. The van der Waals surface area contributed by atoms with Crippen LogP contribution < -0.4 is 5.32 Å². The van der Waals surface area contributed by atoms with Crippen LogP contribution in [-0.2, 0) is 11.3 Å². The van der Waals surface area contributed by atoms with E-state index in [0.29, 0.717) is 29.3 Å². The monoisotopic (exact) mass is 509 g/mol. The number of imidazole rings is 1. The molecule has 0 amide bonds. The van der Waals surface area contributed by atoms with E-state index in [4.69, 9.17) is 4.74 Å². The third kappa shape index (κ3) is 5.30. The highest BCUT2D eigenvalue weighted by atomic mass is 19.1. The summed E-state index contributed by atoms with van der Waals surface area (Å²) in [5.41, 5.74) is 2.07. The van der Waals surface area contributed by atoms with Gasteiger partial charge < -0.3 is 14.6 Å². The molecule has 1 saturated heterocycles. The van der Waals surface area contributed by atoms with Crippen molar-refractivity contribution in [2.75, 3.05) is 25.0 Å². The molecule has 5 rings (SSSR count). The van der Waals surface area contributed by atoms with E-state index in [0.717, 1.165) is 31.4 Å². The van der Waals surface area contributed by atoms with E-state index in [-0.39, 0.29) is 30.2 Å². The van der Waals surface area contributed by atoms with Crippen LogP contribution in [-0.4, -0.2) is 54.7 Å². The van der Waals surface area contributed by atoms with Crippen molar-refractivity contribution in [3.05, 3.63) is 59.7 Å². The van der Waals surface area contributed by atoms with Gasteiger partial charge in [0.1, 0.15) is 22.9 Å². The first-order valence-corrected chi connectivity index (χ1v) is 12.4. The summed E-state index contributed by atoms with van der Waals surface area (Å²) in [6, 6.07) is 6.86. The first-order valence-electron chi connectivity index (χ1n) is 12.4. The fourth-order valence-electron chi connectivity index (χ4n) is 4.90. The van der Waals surface area contributed by atoms with Gasteiger partial charge in [-0.25, -0.2) is 28.7 Å². The van der Waals surface area contributed by atoms with Gasteiger partial charge in [-0.3, -0.25) is 4.90 Å². The number of anilines is 2. The topological polar surface area (TPSA) is 81.0 Å². The maximum Gasteiger partial charge on any atom is 0.229 e. The molecule has 1 aliphatic rings. The fraction of sp³-hybridized carbons (Fsp3) is 0.407. The van der Waals surface area contributed by atoms with Crippen molar-refractivity contribution in [1.82, 2.24) is 29.4 Å². The zero-order valence-electron chi connectivity index (χ0n) is 21.7. The number of aromatic nitrogens is 5. The van der Waals surface area contributed by atoms with Gasteiger partial charge in [-0.05, 0) is 58.4 Å². The van der Waals surface area contributed by atoms with Crippen LogP contribution in [0.3, 0.4) is 0 Å². The minimum atomic E-state index is -0.645. The summed E-state index contributed by atoms with van der Waals surface area (Å²) < 4.78 is 37.4. The first-order chi connectivity index (χ1) is 17.6. The molecule has 0 aliphatic carbocycles. The number of benzene rings is 1. The van der Waals surface area contributed by atoms with Gasteiger partial charge in [0.25, 0.3) is 0 Å². The molecule has 0 saturated carbocycles. The Hall–Kier alpha value is -3.50. The molecule has 0 radical (unpaired) electrons. The smallest absolute Gasteiger partial charge is 0.229 e. The van der Waals surface area contributed by atoms with E-state index < -0.39 is 11.6 Å². The van der Waals surface area contributed by atoms with Gasteiger partial charge in [-0.2, -0.15) is 0 Å². The molecule has 8 nitrogen and oxygen atoms in total. The number of morpholine rings is 1. The molecule has 4 aromatic rings. The quantitative estimate of drug-likeness (QED) is 0.359. The van der Waals surface area contributed by atoms with Gasteiger partial charge in [0.05, 0.1) is 23.9 Å². The molecule has 1 N–H and O–H groups in total. The lowest BCUT2D eigenvalue weighted by Gasteiger charge is -2.38. The van der Waals surface area contributed by atoms with Gasteiger partial charge in [-0.1, -0.05) is 6.07 Å². The van der Waals surface area contributed by atoms with Crippen molar-refractivity contribution in [3.63, 3.8) is 0 Å². The molecular formula is C27H33F2N7O. The summed E-state index contributed by atoms with van der Waals surface area (Å²) in [5, 5.41) is 3.03. The van der Waals surface area contributed by atoms with Gasteiger partial charge in [-0.15, -0.1) is 0 Å². The highest BCUT2D eigenvalue weighted by Crippen LogP contribution is 2.30. The zero-order valence-corrected chi connectivity index (χ0v) is 21.7. The number of rotatable bonds is 6. The summed E-state index contributed by atoms with van der Waals surface area (Å²) >= 11 is 0. The Kier molecular flexibility index (Phi) is 6.63. The van der Waals surface area contributed by atoms with Crippen molar-refractivity contribution in [1.29, 1.82) is 0 Å². The van der Waals surface area contributed by atoms with E-state index >= 15 is 0 Å². The van der Waals surface area contributed by atoms with Crippen LogP contribution in [0.5, 0.6) is 0 Å². The molecule has 4 heterocycles. The summed E-state index contributed by atoms with van der Waals surface area (Å²) in [6.45, 7) is 13.2. The Bertz CT molecular complexity index is 1440. The molecule has 37 heavy (non-hydrogen) atoms. The third-order valence-corrected chi connectivity index (χ3v) is 6.43. The van der Waals surface area contributed by atoms with Crippen molar-refractivity contribution in [2.24, 2.45) is 0 Å². The predicted octanol–water partition coefficient (Wildman–Crippen LogP) is 5.66. The van der Waals surface area contributed by atoms with Crippen LogP contribution >= 0.6 is 0 Å². The van der Waals surface area contributed by atoms with E-state index in [1.165, 1.54) is 6.07 Å². The standard InChI is InChI=1S/C27H31F2N7O.H2/c1-16(2)36-17(3)32-25-20(28)10-19(11-22(25)36)24-21(29)13-31-26(34-24)33-23-7-6-18(12-30-23)14-35-8-9-37-27(4,5)15-35;/h6-7,10-13,16H,8-9,14-15H2,1-5H3,(H,30,31,33,34);1H. The normalized spacial score (nSPS) is 16.0. The minimum absolute atomic E-state index is 0. The average Bonchev–Trinajstić information content (AvgIpc) is 3.17. The Balaban J connectivity index is 0.00000336. The maximum absolute atomic E-state index is 14.9. The molecular weight excluding hydrogens is 476 g/mol. The van der Waals surface area contributed by atoms with Crippen LogP contribution in [0.25, 0.3) is 22.3 Å².